The van der Waals surface area contributed by atoms with E-state index in [-0.39, 0.29) is 0 Å². The van der Waals surface area contributed by atoms with Crippen molar-refractivity contribution in [1.82, 2.24) is 4.57 Å². The number of anilines is 3. The zero-order chi connectivity index (χ0) is 42.1. The van der Waals surface area contributed by atoms with E-state index in [1.807, 2.05) is 11.3 Å². The summed E-state index contributed by atoms with van der Waals surface area (Å²) in [5.74, 6) is 0. The molecule has 13 rings (SSSR count). The molecule has 0 spiro atoms. The number of furan rings is 1. The fourth-order valence-electron chi connectivity index (χ4n) is 9.86. The first-order valence-electron chi connectivity index (χ1n) is 21.7. The SMILES string of the molecule is c1ccc(-c2cccc3c2oc2ccc(-c4ccc(N(c5ccc(-c6cccc7c6sc6ccccc67)cc5)c5cccc6c5c5ccccc5n6-c5ccccc5)cc4)cc23)cc1. The van der Waals surface area contributed by atoms with Crippen LogP contribution in [-0.2, 0) is 0 Å². The molecule has 0 amide bonds. The highest BCUT2D eigenvalue weighted by Gasteiger charge is 2.22. The first-order chi connectivity index (χ1) is 31.7. The first kappa shape index (κ1) is 36.5. The Kier molecular flexibility index (Phi) is 8.40. The van der Waals surface area contributed by atoms with Crippen molar-refractivity contribution in [3.05, 3.63) is 231 Å². The van der Waals surface area contributed by atoms with Gasteiger partial charge in [-0.25, -0.2) is 0 Å². The predicted octanol–water partition coefficient (Wildman–Crippen LogP) is 17.5. The number of aromatic nitrogens is 1. The van der Waals surface area contributed by atoms with Gasteiger partial charge in [-0.3, -0.25) is 0 Å². The zero-order valence-corrected chi connectivity index (χ0v) is 35.5. The molecule has 0 aliphatic rings. The van der Waals surface area contributed by atoms with Crippen molar-refractivity contribution in [2.75, 3.05) is 4.90 Å². The van der Waals surface area contributed by atoms with E-state index >= 15 is 0 Å². The maximum Gasteiger partial charge on any atom is 0.143 e. The number of hydrogen-bond donors (Lipinski definition) is 0. The van der Waals surface area contributed by atoms with Gasteiger partial charge in [0, 0.05) is 64.3 Å². The first-order valence-corrected chi connectivity index (χ1v) is 22.6. The predicted molar refractivity (Wildman–Crippen MR) is 272 cm³/mol. The summed E-state index contributed by atoms with van der Waals surface area (Å²) in [6.07, 6.45) is 0. The monoisotopic (exact) mass is 834 g/mol. The van der Waals surface area contributed by atoms with Crippen LogP contribution in [0.15, 0.2) is 235 Å². The maximum atomic E-state index is 6.54. The summed E-state index contributed by atoms with van der Waals surface area (Å²) in [7, 11) is 0. The van der Waals surface area contributed by atoms with Crippen LogP contribution in [0.3, 0.4) is 0 Å². The number of para-hydroxylation sites is 3. The number of nitrogens with zero attached hydrogens (tertiary/aromatic N) is 2. The van der Waals surface area contributed by atoms with Crippen LogP contribution in [0, 0.1) is 0 Å². The molecule has 13 aromatic rings. The highest BCUT2D eigenvalue weighted by Crippen LogP contribution is 2.46. The van der Waals surface area contributed by atoms with Crippen molar-refractivity contribution in [1.29, 1.82) is 0 Å². The second kappa shape index (κ2) is 14.7. The molecule has 10 aromatic carbocycles. The lowest BCUT2D eigenvalue weighted by molar-refractivity contribution is 0.670. The molecule has 300 valence electrons. The molecule has 0 N–H and O–H groups in total. The minimum Gasteiger partial charge on any atom is -0.455 e. The van der Waals surface area contributed by atoms with Gasteiger partial charge in [0.2, 0.25) is 0 Å². The highest BCUT2D eigenvalue weighted by atomic mass is 32.1. The smallest absolute Gasteiger partial charge is 0.143 e. The lowest BCUT2D eigenvalue weighted by Crippen LogP contribution is -2.10. The number of rotatable bonds is 7. The van der Waals surface area contributed by atoms with Gasteiger partial charge >= 0.3 is 0 Å². The molecule has 0 fully saturated rings. The Balaban J connectivity index is 0.957. The van der Waals surface area contributed by atoms with Crippen molar-refractivity contribution in [3.63, 3.8) is 0 Å². The van der Waals surface area contributed by atoms with Crippen molar-refractivity contribution < 1.29 is 4.42 Å². The van der Waals surface area contributed by atoms with Crippen molar-refractivity contribution >= 4 is 92.3 Å². The number of hydrogen-bond acceptors (Lipinski definition) is 3. The topological polar surface area (TPSA) is 21.3 Å². The lowest BCUT2D eigenvalue weighted by Gasteiger charge is -2.27. The van der Waals surface area contributed by atoms with Crippen LogP contribution in [0.1, 0.15) is 0 Å². The van der Waals surface area contributed by atoms with E-state index in [0.29, 0.717) is 0 Å². The Morgan fingerprint density at radius 1 is 0.391 bits per heavy atom. The summed E-state index contributed by atoms with van der Waals surface area (Å²) in [4.78, 5) is 2.43. The van der Waals surface area contributed by atoms with Crippen LogP contribution in [-0.4, -0.2) is 4.57 Å². The molecule has 0 radical (unpaired) electrons. The molecule has 4 heteroatoms. The Hall–Kier alpha value is -8.18. The molecule has 0 atom stereocenters. The highest BCUT2D eigenvalue weighted by molar-refractivity contribution is 7.26. The van der Waals surface area contributed by atoms with E-state index in [9.17, 15) is 0 Å². The molecular formula is C60H38N2OS. The minimum atomic E-state index is 0.889. The molecular weight excluding hydrogens is 797 g/mol. The summed E-state index contributed by atoms with van der Waals surface area (Å²) in [6.45, 7) is 0. The largest absolute Gasteiger partial charge is 0.455 e. The average molecular weight is 835 g/mol. The molecule has 0 saturated carbocycles. The average Bonchev–Trinajstić information content (AvgIpc) is 4.05. The van der Waals surface area contributed by atoms with Crippen molar-refractivity contribution in [2.45, 2.75) is 0 Å². The molecule has 3 aromatic heterocycles. The summed E-state index contributed by atoms with van der Waals surface area (Å²) >= 11 is 1.87. The van der Waals surface area contributed by atoms with Gasteiger partial charge in [0.05, 0.1) is 16.7 Å². The molecule has 0 bridgehead atoms. The van der Waals surface area contributed by atoms with E-state index in [1.165, 1.54) is 47.6 Å². The van der Waals surface area contributed by atoms with Crippen molar-refractivity contribution in [2.24, 2.45) is 0 Å². The van der Waals surface area contributed by atoms with Crippen LogP contribution in [0.5, 0.6) is 0 Å². The van der Waals surface area contributed by atoms with Gasteiger partial charge in [0.1, 0.15) is 11.2 Å². The van der Waals surface area contributed by atoms with Gasteiger partial charge < -0.3 is 13.9 Å². The quantitative estimate of drug-likeness (QED) is 0.159. The van der Waals surface area contributed by atoms with Gasteiger partial charge in [-0.1, -0.05) is 158 Å². The Bertz CT molecular complexity index is 3880. The number of thiophene rings is 1. The number of benzene rings is 10. The van der Waals surface area contributed by atoms with E-state index in [4.69, 9.17) is 4.42 Å². The second-order valence-corrected chi connectivity index (χ2v) is 17.5. The van der Waals surface area contributed by atoms with Crippen LogP contribution in [0.4, 0.5) is 17.1 Å². The minimum absolute atomic E-state index is 0.889. The molecule has 0 unspecified atom stereocenters. The van der Waals surface area contributed by atoms with E-state index in [1.54, 1.807) is 0 Å². The molecule has 64 heavy (non-hydrogen) atoms. The molecule has 3 heterocycles. The summed E-state index contributed by atoms with van der Waals surface area (Å²) in [6, 6.07) is 83.3. The Morgan fingerprint density at radius 2 is 0.984 bits per heavy atom. The summed E-state index contributed by atoms with van der Waals surface area (Å²) in [5.41, 5.74) is 15.6. The van der Waals surface area contributed by atoms with E-state index in [0.717, 1.165) is 72.5 Å². The zero-order valence-electron chi connectivity index (χ0n) is 34.7. The third-order valence-electron chi connectivity index (χ3n) is 12.8. The normalized spacial score (nSPS) is 11.8. The summed E-state index contributed by atoms with van der Waals surface area (Å²) in [5, 5.41) is 7.27. The van der Waals surface area contributed by atoms with Crippen LogP contribution in [0.2, 0.25) is 0 Å². The van der Waals surface area contributed by atoms with Gasteiger partial charge in [0.25, 0.3) is 0 Å². The van der Waals surface area contributed by atoms with Gasteiger partial charge in [-0.15, -0.1) is 11.3 Å². The fourth-order valence-corrected chi connectivity index (χ4v) is 11.1. The third kappa shape index (κ3) is 5.81. The lowest BCUT2D eigenvalue weighted by atomic mass is 9.99. The van der Waals surface area contributed by atoms with Gasteiger partial charge in [-0.05, 0) is 101 Å². The second-order valence-electron chi connectivity index (χ2n) is 16.4. The summed E-state index contributed by atoms with van der Waals surface area (Å²) < 4.78 is 11.6. The van der Waals surface area contributed by atoms with Crippen LogP contribution < -0.4 is 4.90 Å². The molecule has 0 aliphatic carbocycles. The fraction of sp³-hybridized carbons (Fsp3) is 0. The van der Waals surface area contributed by atoms with Crippen molar-refractivity contribution in [3.8, 4) is 39.1 Å². The Morgan fingerprint density at radius 3 is 1.78 bits per heavy atom. The maximum absolute atomic E-state index is 6.54. The van der Waals surface area contributed by atoms with Gasteiger partial charge in [0.15, 0.2) is 0 Å². The van der Waals surface area contributed by atoms with E-state index in [2.05, 4.69) is 240 Å². The van der Waals surface area contributed by atoms with Gasteiger partial charge in [-0.2, -0.15) is 0 Å². The third-order valence-corrected chi connectivity index (χ3v) is 14.0. The van der Waals surface area contributed by atoms with Crippen LogP contribution >= 0.6 is 11.3 Å². The van der Waals surface area contributed by atoms with Crippen LogP contribution in [0.25, 0.3) is 103 Å². The molecule has 0 saturated heterocycles. The van der Waals surface area contributed by atoms with E-state index < -0.39 is 0 Å². The number of fused-ring (bicyclic) bond motifs is 9. The standard InChI is InChI=1S/C60H38N2OS/c1-3-14-40(15-4-1)46-20-11-22-49-52-38-42(32-37-56(52)63-59(46)49)39-28-33-44(34-29-39)61(45-35-30-41(31-36-45)47-21-12-23-50-48-18-8-10-27-57(48)64-60(47)50)54-25-13-26-55-58(54)51-19-7-9-24-53(51)62(55)43-16-5-2-6-17-43/h1-38H. The molecule has 3 nitrogen and oxygen atoms in total. The molecule has 0 aliphatic heterocycles. The Labute approximate surface area is 373 Å².